The molecule has 0 saturated heterocycles. The fourth-order valence-electron chi connectivity index (χ4n) is 5.76. The van der Waals surface area contributed by atoms with Crippen molar-refractivity contribution < 1.29 is 21.7 Å². The molecular weight excluding hydrogens is 482 g/mol. The normalized spacial score (nSPS) is 27.4. The molecule has 0 radical (unpaired) electrons. The summed E-state index contributed by atoms with van der Waals surface area (Å²) in [5, 5.41) is 2.83. The fraction of sp³-hybridized carbons (Fsp3) is 0.444. The molecule has 1 aliphatic carbocycles. The predicted molar refractivity (Wildman–Crippen MR) is 146 cm³/mol. The van der Waals surface area contributed by atoms with E-state index < -0.39 is 8.24 Å². The standard InChI is InChI=1S/C24H31ClNSSi.3CH3.Ti/c1-15-16(2)23(22-21(15)19-12-7-8-13-20(19)27-22)28(6,26-24(3,4)5)18-11-9-10-17(25)14-18;;;;/h7-16,21-23H,1-6H3;3*1H3;/q4*-1;+4. The third-order valence-electron chi connectivity index (χ3n) is 6.84. The van der Waals surface area contributed by atoms with Gasteiger partial charge in [0.2, 0.25) is 0 Å². The van der Waals surface area contributed by atoms with Crippen molar-refractivity contribution in [3.8, 4) is 0 Å². The second kappa shape index (κ2) is 11.6. The number of thioether (sulfide) groups is 1. The Morgan fingerprint density at radius 3 is 2.16 bits per heavy atom. The number of rotatable bonds is 3. The van der Waals surface area contributed by atoms with E-state index in [1.54, 1.807) is 5.56 Å². The Hall–Kier alpha value is -0.0288. The summed E-state index contributed by atoms with van der Waals surface area (Å²) in [7, 11) is -2.17. The van der Waals surface area contributed by atoms with E-state index in [2.05, 4.69) is 95.4 Å². The van der Waals surface area contributed by atoms with Gasteiger partial charge < -0.3 is 27.3 Å². The van der Waals surface area contributed by atoms with E-state index in [0.717, 1.165) is 5.02 Å². The number of hydrogen-bond donors (Lipinski definition) is 0. The number of fused-ring (bicyclic) bond motifs is 3. The van der Waals surface area contributed by atoms with Crippen LogP contribution in [0.15, 0.2) is 53.4 Å². The van der Waals surface area contributed by atoms with Crippen LogP contribution in [0, 0.1) is 34.1 Å². The molecule has 4 rings (SSSR count). The number of benzene rings is 2. The first-order valence-electron chi connectivity index (χ1n) is 10.4. The van der Waals surface area contributed by atoms with Crippen molar-refractivity contribution in [2.45, 2.75) is 68.3 Å². The van der Waals surface area contributed by atoms with Crippen molar-refractivity contribution in [1.29, 1.82) is 0 Å². The average molecular weight is 522 g/mol. The van der Waals surface area contributed by atoms with Gasteiger partial charge in [-0.05, 0) is 55.3 Å². The van der Waals surface area contributed by atoms with Gasteiger partial charge in [-0.15, -0.1) is 17.3 Å². The Balaban J connectivity index is 0.00000240. The monoisotopic (exact) mass is 521 g/mol. The molecule has 0 N–H and O–H groups in total. The Bertz CT molecular complexity index is 886. The Morgan fingerprint density at radius 1 is 0.938 bits per heavy atom. The molecule has 0 amide bonds. The Morgan fingerprint density at radius 2 is 1.56 bits per heavy atom. The van der Waals surface area contributed by atoms with Crippen molar-refractivity contribution in [2.24, 2.45) is 11.8 Å². The van der Waals surface area contributed by atoms with Crippen LogP contribution in [0.3, 0.4) is 0 Å². The van der Waals surface area contributed by atoms with Crippen molar-refractivity contribution >= 4 is 36.8 Å². The van der Waals surface area contributed by atoms with Gasteiger partial charge in [-0.3, -0.25) is 0 Å². The first-order valence-corrected chi connectivity index (χ1v) is 14.2. The van der Waals surface area contributed by atoms with E-state index >= 15 is 0 Å². The first kappa shape index (κ1) is 32.0. The minimum Gasteiger partial charge on any atom is -0.656 e. The third kappa shape index (κ3) is 5.61. The summed E-state index contributed by atoms with van der Waals surface area (Å²) in [6, 6.07) is 17.6. The summed E-state index contributed by atoms with van der Waals surface area (Å²) in [4.78, 5) is 7.09. The molecule has 6 atom stereocenters. The zero-order valence-electron chi connectivity index (χ0n) is 21.2. The average Bonchev–Trinajstić information content (AvgIpc) is 3.09. The number of nitrogens with zero attached hydrogens (tertiary/aromatic N) is 1. The van der Waals surface area contributed by atoms with Crippen LogP contribution in [-0.4, -0.2) is 19.0 Å². The molecule has 2 aromatic rings. The summed E-state index contributed by atoms with van der Waals surface area (Å²) in [6.45, 7) is 14.2. The molecule has 1 aliphatic heterocycles. The van der Waals surface area contributed by atoms with Crippen molar-refractivity contribution in [3.05, 3.63) is 86.4 Å². The second-order valence-corrected chi connectivity index (χ2v) is 15.2. The zero-order chi connectivity index (χ0) is 20.3. The molecule has 1 fully saturated rings. The van der Waals surface area contributed by atoms with Gasteiger partial charge in [-0.25, -0.2) is 0 Å². The SMILES string of the molecule is CC1C(C)C([Si](C)([N-]C(C)(C)C)c2cccc(Cl)c2)C2Sc3ccccc3C12.[CH3-].[CH3-].[CH3-].[Ti+4]. The molecule has 2 aromatic carbocycles. The third-order valence-corrected chi connectivity index (χ3v) is 13.6. The van der Waals surface area contributed by atoms with Crippen molar-refractivity contribution in [2.75, 3.05) is 0 Å². The molecule has 1 heterocycles. The fourth-order valence-corrected chi connectivity index (χ4v) is 13.9. The van der Waals surface area contributed by atoms with Gasteiger partial charge in [0.05, 0.1) is 0 Å². The van der Waals surface area contributed by atoms with Gasteiger partial charge in [0.25, 0.3) is 0 Å². The molecule has 0 bridgehead atoms. The molecular formula is C27H40ClNSSiTi. The van der Waals surface area contributed by atoms with Gasteiger partial charge in [-0.1, -0.05) is 88.3 Å². The molecule has 174 valence electrons. The van der Waals surface area contributed by atoms with E-state index in [-0.39, 0.29) is 49.5 Å². The van der Waals surface area contributed by atoms with Crippen LogP contribution in [0.4, 0.5) is 0 Å². The van der Waals surface area contributed by atoms with Crippen molar-refractivity contribution in [1.82, 2.24) is 0 Å². The topological polar surface area (TPSA) is 14.1 Å². The van der Waals surface area contributed by atoms with E-state index in [1.165, 1.54) is 10.1 Å². The van der Waals surface area contributed by atoms with Crippen LogP contribution in [0.25, 0.3) is 4.98 Å². The minimum absolute atomic E-state index is 0. The maximum absolute atomic E-state index is 6.45. The first-order chi connectivity index (χ1) is 13.1. The van der Waals surface area contributed by atoms with Gasteiger partial charge in [0.1, 0.15) is 0 Å². The smallest absolute Gasteiger partial charge is 0.656 e. The maximum atomic E-state index is 6.45. The van der Waals surface area contributed by atoms with Crippen LogP contribution in [0.5, 0.6) is 0 Å². The van der Waals surface area contributed by atoms with Gasteiger partial charge >= 0.3 is 21.7 Å². The molecule has 2 aliphatic rings. The molecule has 0 spiro atoms. The largest absolute Gasteiger partial charge is 4.00 e. The van der Waals surface area contributed by atoms with E-state index in [4.69, 9.17) is 16.6 Å². The molecule has 1 nitrogen and oxygen atoms in total. The van der Waals surface area contributed by atoms with Gasteiger partial charge in [0.15, 0.2) is 0 Å². The van der Waals surface area contributed by atoms with E-state index in [1.807, 2.05) is 6.07 Å². The summed E-state index contributed by atoms with van der Waals surface area (Å²) in [6.07, 6.45) is 0. The summed E-state index contributed by atoms with van der Waals surface area (Å²) in [5.74, 6) is 1.97. The van der Waals surface area contributed by atoms with Crippen LogP contribution >= 0.6 is 23.4 Å². The Labute approximate surface area is 223 Å². The predicted octanol–water partition coefficient (Wildman–Crippen LogP) is 8.56. The van der Waals surface area contributed by atoms with Crippen LogP contribution in [-0.2, 0) is 21.7 Å². The minimum atomic E-state index is -2.17. The van der Waals surface area contributed by atoms with Crippen LogP contribution < -0.4 is 5.19 Å². The molecule has 6 unspecified atom stereocenters. The molecule has 0 aromatic heterocycles. The van der Waals surface area contributed by atoms with Crippen molar-refractivity contribution in [3.63, 3.8) is 0 Å². The van der Waals surface area contributed by atoms with Gasteiger partial charge in [0, 0.05) is 15.2 Å². The number of hydrogen-bond acceptors (Lipinski definition) is 1. The second-order valence-electron chi connectivity index (χ2n) is 9.83. The molecule has 32 heavy (non-hydrogen) atoms. The van der Waals surface area contributed by atoms with Gasteiger partial charge in [-0.2, -0.15) is 0 Å². The van der Waals surface area contributed by atoms with E-state index in [0.29, 0.717) is 28.5 Å². The zero-order valence-corrected chi connectivity index (χ0v) is 25.4. The Kier molecular flexibility index (Phi) is 11.6. The van der Waals surface area contributed by atoms with Crippen LogP contribution in [0.1, 0.15) is 46.1 Å². The number of halogens is 1. The molecule has 5 heteroatoms. The van der Waals surface area contributed by atoms with E-state index in [9.17, 15) is 0 Å². The maximum Gasteiger partial charge on any atom is 4.00 e. The quantitative estimate of drug-likeness (QED) is 0.291. The summed E-state index contributed by atoms with van der Waals surface area (Å²) < 4.78 is 0. The molecule has 1 saturated carbocycles. The summed E-state index contributed by atoms with van der Waals surface area (Å²) in [5.41, 5.74) is 2.11. The van der Waals surface area contributed by atoms with Crippen LogP contribution in [0.2, 0.25) is 17.1 Å². The summed E-state index contributed by atoms with van der Waals surface area (Å²) >= 11 is 8.57.